The van der Waals surface area contributed by atoms with Crippen LogP contribution in [0.4, 0.5) is 5.69 Å². The third kappa shape index (κ3) is 3.27. The number of fused-ring (bicyclic) bond motifs is 1. The molecular formula is C19H17ClN4O3. The van der Waals surface area contributed by atoms with Gasteiger partial charge in [0.2, 0.25) is 0 Å². The predicted octanol–water partition coefficient (Wildman–Crippen LogP) is 1.50. The molecule has 0 radical (unpaired) electrons. The number of Topliss-reactive ketones (excluding diaryl/α,β-unsaturated/α-hetero) is 1. The van der Waals surface area contributed by atoms with Crippen molar-refractivity contribution in [2.24, 2.45) is 0 Å². The number of nitrogens with zero attached hydrogens (tertiary/aromatic N) is 3. The normalized spacial score (nSPS) is 19.4. The lowest BCUT2D eigenvalue weighted by atomic mass is 10.1. The summed E-state index contributed by atoms with van der Waals surface area (Å²) < 4.78 is 0. The van der Waals surface area contributed by atoms with E-state index >= 15 is 0 Å². The molecule has 0 saturated carbocycles. The molecule has 2 amide bonds. The molecule has 2 fully saturated rings. The highest BCUT2D eigenvalue weighted by molar-refractivity contribution is 6.36. The SMILES string of the molecule is O=C(CN1NC2N(CCN2c2ccccc2)C(=O)C1=O)c1ccc(Cl)cc1. The Morgan fingerprint density at radius 2 is 1.63 bits per heavy atom. The molecule has 138 valence electrons. The first kappa shape index (κ1) is 17.5. The molecule has 2 aromatic carbocycles. The van der Waals surface area contributed by atoms with Gasteiger partial charge in [0.1, 0.15) is 6.54 Å². The van der Waals surface area contributed by atoms with Crippen molar-refractivity contribution in [3.8, 4) is 0 Å². The van der Waals surface area contributed by atoms with Crippen LogP contribution in [0.2, 0.25) is 5.02 Å². The largest absolute Gasteiger partial charge is 0.336 e. The fourth-order valence-corrected chi connectivity index (χ4v) is 3.42. The van der Waals surface area contributed by atoms with Crippen molar-refractivity contribution in [3.63, 3.8) is 0 Å². The molecule has 4 rings (SSSR count). The van der Waals surface area contributed by atoms with E-state index in [9.17, 15) is 14.4 Å². The summed E-state index contributed by atoms with van der Waals surface area (Å²) in [6, 6.07) is 16.0. The van der Waals surface area contributed by atoms with Crippen LogP contribution in [0.15, 0.2) is 54.6 Å². The van der Waals surface area contributed by atoms with Gasteiger partial charge in [-0.25, -0.2) is 0 Å². The number of hydrogen-bond acceptors (Lipinski definition) is 5. The number of hydrazine groups is 1. The zero-order chi connectivity index (χ0) is 19.0. The first-order valence-corrected chi connectivity index (χ1v) is 8.91. The zero-order valence-electron chi connectivity index (χ0n) is 14.3. The Kier molecular flexibility index (Phi) is 4.55. The minimum absolute atomic E-state index is 0.237. The summed E-state index contributed by atoms with van der Waals surface area (Å²) in [5.41, 5.74) is 4.38. The summed E-state index contributed by atoms with van der Waals surface area (Å²) in [6.45, 7) is 0.801. The average molecular weight is 385 g/mol. The molecular weight excluding hydrogens is 368 g/mol. The number of para-hydroxylation sites is 1. The van der Waals surface area contributed by atoms with Crippen molar-refractivity contribution in [2.75, 3.05) is 24.5 Å². The lowest BCUT2D eigenvalue weighted by Crippen LogP contribution is -2.68. The van der Waals surface area contributed by atoms with E-state index in [1.807, 2.05) is 35.2 Å². The summed E-state index contributed by atoms with van der Waals surface area (Å²) in [5.74, 6) is -1.62. The second-order valence-electron chi connectivity index (χ2n) is 6.35. The highest BCUT2D eigenvalue weighted by Gasteiger charge is 2.45. The minimum Gasteiger partial charge on any atom is -0.336 e. The number of carbonyl (C=O) groups is 3. The smallest absolute Gasteiger partial charge is 0.326 e. The molecule has 8 heteroatoms. The Morgan fingerprint density at radius 3 is 2.33 bits per heavy atom. The van der Waals surface area contributed by atoms with Crippen molar-refractivity contribution in [1.82, 2.24) is 15.3 Å². The van der Waals surface area contributed by atoms with E-state index in [-0.39, 0.29) is 12.3 Å². The summed E-state index contributed by atoms with van der Waals surface area (Å²) in [4.78, 5) is 40.9. The van der Waals surface area contributed by atoms with Crippen LogP contribution < -0.4 is 10.3 Å². The molecule has 2 saturated heterocycles. The highest BCUT2D eigenvalue weighted by Crippen LogP contribution is 2.25. The van der Waals surface area contributed by atoms with Gasteiger partial charge in [0.05, 0.1) is 0 Å². The first-order valence-electron chi connectivity index (χ1n) is 8.54. The van der Waals surface area contributed by atoms with Gasteiger partial charge in [-0.1, -0.05) is 29.8 Å². The fourth-order valence-electron chi connectivity index (χ4n) is 3.29. The first-order chi connectivity index (χ1) is 13.0. The monoisotopic (exact) mass is 384 g/mol. The molecule has 2 aliphatic rings. The molecule has 2 heterocycles. The molecule has 1 unspecified atom stereocenters. The third-order valence-electron chi connectivity index (χ3n) is 4.69. The fraction of sp³-hybridized carbons (Fsp3) is 0.211. The zero-order valence-corrected chi connectivity index (χ0v) is 15.1. The summed E-state index contributed by atoms with van der Waals surface area (Å²) >= 11 is 5.84. The van der Waals surface area contributed by atoms with E-state index in [2.05, 4.69) is 5.43 Å². The Hall–Kier alpha value is -2.90. The van der Waals surface area contributed by atoms with Gasteiger partial charge in [-0.2, -0.15) is 5.43 Å². The van der Waals surface area contributed by atoms with Crippen LogP contribution in [0.1, 0.15) is 10.4 Å². The van der Waals surface area contributed by atoms with Crippen LogP contribution in [-0.4, -0.2) is 53.4 Å². The van der Waals surface area contributed by atoms with E-state index in [1.54, 1.807) is 24.3 Å². The Bertz CT molecular complexity index is 888. The maximum atomic E-state index is 12.5. The summed E-state index contributed by atoms with van der Waals surface area (Å²) in [7, 11) is 0. The van der Waals surface area contributed by atoms with Crippen LogP contribution in [0.3, 0.4) is 0 Å². The van der Waals surface area contributed by atoms with Crippen molar-refractivity contribution in [3.05, 3.63) is 65.2 Å². The van der Waals surface area contributed by atoms with Crippen LogP contribution in [0.25, 0.3) is 0 Å². The highest BCUT2D eigenvalue weighted by atomic mass is 35.5. The molecule has 0 spiro atoms. The van der Waals surface area contributed by atoms with Gasteiger partial charge in [0.25, 0.3) is 0 Å². The van der Waals surface area contributed by atoms with Gasteiger partial charge in [0.15, 0.2) is 12.1 Å². The molecule has 0 bridgehead atoms. The number of rotatable bonds is 4. The number of amides is 2. The van der Waals surface area contributed by atoms with Crippen LogP contribution in [0, 0.1) is 0 Å². The lowest BCUT2D eigenvalue weighted by molar-refractivity contribution is -0.162. The Balaban J connectivity index is 1.54. The molecule has 2 aromatic rings. The van der Waals surface area contributed by atoms with Gasteiger partial charge < -0.3 is 4.90 Å². The van der Waals surface area contributed by atoms with Gasteiger partial charge in [-0.05, 0) is 36.4 Å². The minimum atomic E-state index is -0.733. The van der Waals surface area contributed by atoms with E-state index in [0.717, 1.165) is 10.7 Å². The number of hydrogen-bond donors (Lipinski definition) is 1. The van der Waals surface area contributed by atoms with Gasteiger partial charge in [0, 0.05) is 29.4 Å². The third-order valence-corrected chi connectivity index (χ3v) is 4.94. The van der Waals surface area contributed by atoms with Crippen LogP contribution in [0.5, 0.6) is 0 Å². The molecule has 0 aromatic heterocycles. The topological polar surface area (TPSA) is 73.0 Å². The van der Waals surface area contributed by atoms with Crippen molar-refractivity contribution in [2.45, 2.75) is 6.29 Å². The molecule has 1 N–H and O–H groups in total. The molecule has 2 aliphatic heterocycles. The van der Waals surface area contributed by atoms with E-state index in [0.29, 0.717) is 23.7 Å². The number of anilines is 1. The van der Waals surface area contributed by atoms with E-state index in [4.69, 9.17) is 11.6 Å². The average Bonchev–Trinajstić information content (AvgIpc) is 3.11. The second kappa shape index (κ2) is 7.02. The van der Waals surface area contributed by atoms with Crippen LogP contribution >= 0.6 is 11.6 Å². The summed E-state index contributed by atoms with van der Waals surface area (Å²) in [6.07, 6.45) is -0.504. The number of nitrogens with one attached hydrogen (secondary N) is 1. The summed E-state index contributed by atoms with van der Waals surface area (Å²) in [5, 5.41) is 1.62. The van der Waals surface area contributed by atoms with Crippen molar-refractivity contribution >= 4 is 34.9 Å². The number of benzene rings is 2. The number of ketones is 1. The van der Waals surface area contributed by atoms with E-state index in [1.165, 1.54) is 4.90 Å². The molecule has 7 nitrogen and oxygen atoms in total. The van der Waals surface area contributed by atoms with Crippen LogP contribution in [-0.2, 0) is 9.59 Å². The van der Waals surface area contributed by atoms with Gasteiger partial charge in [-0.15, -0.1) is 0 Å². The Labute approximate surface area is 161 Å². The standard InChI is InChI=1S/C19H17ClN4O3/c20-14-8-6-13(7-9-14)16(25)12-24-18(27)17(26)23-11-10-22(19(23)21-24)15-4-2-1-3-5-15/h1-9,19,21H,10-12H2. The number of halogens is 1. The van der Waals surface area contributed by atoms with Crippen molar-refractivity contribution < 1.29 is 14.4 Å². The second-order valence-corrected chi connectivity index (χ2v) is 6.79. The predicted molar refractivity (Wildman–Crippen MR) is 99.9 cm³/mol. The van der Waals surface area contributed by atoms with Gasteiger partial charge in [-0.3, -0.25) is 24.3 Å². The quantitative estimate of drug-likeness (QED) is 0.639. The van der Waals surface area contributed by atoms with E-state index < -0.39 is 18.1 Å². The Morgan fingerprint density at radius 1 is 0.963 bits per heavy atom. The van der Waals surface area contributed by atoms with Gasteiger partial charge >= 0.3 is 11.8 Å². The molecule has 1 atom stereocenters. The lowest BCUT2D eigenvalue weighted by Gasteiger charge is -2.40. The maximum Gasteiger partial charge on any atom is 0.326 e. The molecule has 0 aliphatic carbocycles. The maximum absolute atomic E-state index is 12.5. The van der Waals surface area contributed by atoms with Crippen molar-refractivity contribution in [1.29, 1.82) is 0 Å². The molecule has 27 heavy (non-hydrogen) atoms. The number of carbonyl (C=O) groups excluding carboxylic acids is 3.